The molecule has 1 atom stereocenters. The van der Waals surface area contributed by atoms with Crippen molar-refractivity contribution in [3.63, 3.8) is 0 Å². The van der Waals surface area contributed by atoms with E-state index in [0.717, 1.165) is 0 Å². The summed E-state index contributed by atoms with van der Waals surface area (Å²) in [5, 5.41) is 0. The minimum atomic E-state index is -1.34. The van der Waals surface area contributed by atoms with E-state index in [1.54, 1.807) is 0 Å². The van der Waals surface area contributed by atoms with Crippen LogP contribution in [0.5, 0.6) is 0 Å². The van der Waals surface area contributed by atoms with Crippen LogP contribution in [0.25, 0.3) is 0 Å². The molecule has 0 fully saturated rings. The van der Waals surface area contributed by atoms with Crippen LogP contribution in [0.3, 0.4) is 0 Å². The Labute approximate surface area is 137 Å². The van der Waals surface area contributed by atoms with Gasteiger partial charge in [-0.2, -0.15) is 0 Å². The number of unbranched alkanes of at least 4 members (excludes halogenated alkanes) is 6. The summed E-state index contributed by atoms with van der Waals surface area (Å²) in [6, 6.07) is 6.68. The predicted molar refractivity (Wildman–Crippen MR) is 103 cm³/mol. The molecule has 0 heterocycles. The molecule has 21 heavy (non-hydrogen) atoms. The van der Waals surface area contributed by atoms with Crippen molar-refractivity contribution in [1.29, 1.82) is 0 Å². The molecule has 3 heteroatoms. The lowest BCUT2D eigenvalue weighted by atomic mass is 10.1. The molecule has 0 rings (SSSR count). The normalized spacial score (nSPS) is 13.3. The van der Waals surface area contributed by atoms with E-state index < -0.39 is 17.4 Å². The van der Waals surface area contributed by atoms with Gasteiger partial charge in [0.15, 0.2) is 17.4 Å². The molecule has 0 aromatic heterocycles. The second-order valence-electron chi connectivity index (χ2n) is 6.38. The summed E-state index contributed by atoms with van der Waals surface area (Å²) in [4.78, 5) is 0. The summed E-state index contributed by atoms with van der Waals surface area (Å²) in [7, 11) is -2.25. The third-order valence-corrected chi connectivity index (χ3v) is 14.2. The molecule has 0 bridgehead atoms. The fraction of sp³-hybridized carbons (Fsp3) is 0.889. The molecule has 0 saturated heterocycles. The van der Waals surface area contributed by atoms with Crippen molar-refractivity contribution >= 4 is 17.4 Å². The molecule has 0 aliphatic heterocycles. The minimum absolute atomic E-state index is 0.912. The van der Waals surface area contributed by atoms with E-state index in [1.807, 2.05) is 6.08 Å². The molecular formula is C18H40OSi2. The summed E-state index contributed by atoms with van der Waals surface area (Å²) >= 11 is 0. The zero-order valence-corrected chi connectivity index (χ0v) is 17.4. The van der Waals surface area contributed by atoms with Gasteiger partial charge in [-0.05, 0) is 43.1 Å². The third-order valence-electron chi connectivity index (χ3n) is 4.99. The van der Waals surface area contributed by atoms with Gasteiger partial charge in [-0.3, -0.25) is 0 Å². The summed E-state index contributed by atoms with van der Waals surface area (Å²) < 4.78 is 6.76. The first-order valence-corrected chi connectivity index (χ1v) is 14.1. The Balaban J connectivity index is 3.82. The van der Waals surface area contributed by atoms with Crippen molar-refractivity contribution < 1.29 is 4.12 Å². The Morgan fingerprint density at radius 1 is 0.857 bits per heavy atom. The van der Waals surface area contributed by atoms with Crippen LogP contribution in [-0.4, -0.2) is 17.4 Å². The van der Waals surface area contributed by atoms with E-state index in [4.69, 9.17) is 4.12 Å². The maximum Gasteiger partial charge on any atom is 0.178 e. The van der Waals surface area contributed by atoms with Gasteiger partial charge in [-0.25, -0.2) is 0 Å². The molecular weight excluding hydrogens is 288 g/mol. The van der Waals surface area contributed by atoms with Gasteiger partial charge in [0.25, 0.3) is 0 Å². The smallest absolute Gasteiger partial charge is 0.178 e. The highest BCUT2D eigenvalue weighted by molar-refractivity contribution is 6.80. The lowest BCUT2D eigenvalue weighted by molar-refractivity contribution is 0.530. The first kappa shape index (κ1) is 21.1. The van der Waals surface area contributed by atoms with E-state index >= 15 is 0 Å². The Hall–Kier alpha value is 0.134. The largest absolute Gasteiger partial charge is 0.457 e. The van der Waals surface area contributed by atoms with E-state index in [2.05, 4.69) is 34.3 Å². The topological polar surface area (TPSA) is 9.23 Å². The van der Waals surface area contributed by atoms with Crippen LogP contribution in [0.15, 0.2) is 12.7 Å². The predicted octanol–water partition coefficient (Wildman–Crippen LogP) is 6.67. The molecule has 0 aromatic rings. The van der Waals surface area contributed by atoms with Crippen LogP contribution < -0.4 is 0 Å². The van der Waals surface area contributed by atoms with Crippen molar-refractivity contribution in [2.75, 3.05) is 0 Å². The highest BCUT2D eigenvalue weighted by atomic mass is 28.4. The SMILES string of the molecule is C=CCCCCCCCC[SiH](CC)O[Si](CC)(CC)CC. The van der Waals surface area contributed by atoms with Crippen LogP contribution in [0.1, 0.15) is 72.6 Å². The van der Waals surface area contributed by atoms with Gasteiger partial charge in [0, 0.05) is 0 Å². The van der Waals surface area contributed by atoms with Gasteiger partial charge >= 0.3 is 0 Å². The van der Waals surface area contributed by atoms with Gasteiger partial charge in [-0.15, -0.1) is 6.58 Å². The average Bonchev–Trinajstić information content (AvgIpc) is 2.53. The van der Waals surface area contributed by atoms with Crippen LogP contribution >= 0.6 is 0 Å². The zero-order chi connectivity index (χ0) is 16.0. The number of rotatable bonds is 15. The second kappa shape index (κ2) is 13.8. The van der Waals surface area contributed by atoms with Crippen LogP contribution in [0, 0.1) is 0 Å². The summed E-state index contributed by atoms with van der Waals surface area (Å²) in [6.07, 6.45) is 11.6. The number of allylic oxidation sites excluding steroid dienone is 1. The molecule has 0 saturated carbocycles. The van der Waals surface area contributed by atoms with E-state index in [-0.39, 0.29) is 0 Å². The Morgan fingerprint density at radius 3 is 1.86 bits per heavy atom. The maximum absolute atomic E-state index is 6.76. The molecule has 1 nitrogen and oxygen atoms in total. The molecule has 0 aliphatic carbocycles. The van der Waals surface area contributed by atoms with Gasteiger partial charge < -0.3 is 4.12 Å². The van der Waals surface area contributed by atoms with E-state index in [1.165, 1.54) is 75.2 Å². The zero-order valence-electron chi connectivity index (χ0n) is 15.3. The molecule has 0 amide bonds. The number of hydrogen-bond acceptors (Lipinski definition) is 1. The molecule has 0 radical (unpaired) electrons. The molecule has 0 spiro atoms. The van der Waals surface area contributed by atoms with Crippen LogP contribution in [0.2, 0.25) is 30.2 Å². The van der Waals surface area contributed by atoms with Crippen LogP contribution in [-0.2, 0) is 4.12 Å². The molecule has 1 unspecified atom stereocenters. The molecule has 0 aromatic carbocycles. The van der Waals surface area contributed by atoms with Gasteiger partial charge in [0.2, 0.25) is 0 Å². The van der Waals surface area contributed by atoms with Gasteiger partial charge in [0.05, 0.1) is 0 Å². The second-order valence-corrected chi connectivity index (χ2v) is 14.4. The lowest BCUT2D eigenvalue weighted by Crippen LogP contribution is -2.41. The van der Waals surface area contributed by atoms with Crippen LogP contribution in [0.4, 0.5) is 0 Å². The minimum Gasteiger partial charge on any atom is -0.457 e. The van der Waals surface area contributed by atoms with Gasteiger partial charge in [-0.1, -0.05) is 65.9 Å². The standard InChI is InChI=1S/C18H40OSi2/c1-6-11-12-13-14-15-16-17-18-20(7-2)19-21(8-3,9-4)10-5/h6,20H,1,7-18H2,2-5H3. The average molecular weight is 329 g/mol. The van der Waals surface area contributed by atoms with Crippen molar-refractivity contribution in [2.45, 2.75) is 103 Å². The summed E-state index contributed by atoms with van der Waals surface area (Å²) in [5.74, 6) is 0. The lowest BCUT2D eigenvalue weighted by Gasteiger charge is -2.33. The van der Waals surface area contributed by atoms with Crippen molar-refractivity contribution in [3.8, 4) is 0 Å². The molecule has 0 N–H and O–H groups in total. The van der Waals surface area contributed by atoms with E-state index in [9.17, 15) is 0 Å². The van der Waals surface area contributed by atoms with Crippen molar-refractivity contribution in [1.82, 2.24) is 0 Å². The quantitative estimate of drug-likeness (QED) is 0.185. The highest BCUT2D eigenvalue weighted by Crippen LogP contribution is 2.25. The van der Waals surface area contributed by atoms with Crippen molar-refractivity contribution in [2.24, 2.45) is 0 Å². The Bertz CT molecular complexity index is 231. The number of hydrogen-bond donors (Lipinski definition) is 0. The monoisotopic (exact) mass is 328 g/mol. The Kier molecular flexibility index (Phi) is 13.9. The first-order chi connectivity index (χ1) is 10.2. The molecule has 0 aliphatic rings. The summed E-state index contributed by atoms with van der Waals surface area (Å²) in [6.45, 7) is 13.2. The third kappa shape index (κ3) is 9.69. The van der Waals surface area contributed by atoms with Crippen molar-refractivity contribution in [3.05, 3.63) is 12.7 Å². The maximum atomic E-state index is 6.76. The molecule has 126 valence electrons. The Morgan fingerprint density at radius 2 is 1.38 bits per heavy atom. The van der Waals surface area contributed by atoms with Gasteiger partial charge in [0.1, 0.15) is 0 Å². The first-order valence-electron chi connectivity index (χ1n) is 9.46. The highest BCUT2D eigenvalue weighted by Gasteiger charge is 2.31. The summed E-state index contributed by atoms with van der Waals surface area (Å²) in [5.41, 5.74) is 0. The fourth-order valence-electron chi connectivity index (χ4n) is 3.07. The van der Waals surface area contributed by atoms with E-state index in [0.29, 0.717) is 0 Å². The fourth-order valence-corrected chi connectivity index (χ4v) is 11.7.